The molecule has 1 N–H and O–H groups in total. The SMILES string of the molecule is COc1ccc(-c2nc(C(=O)OCc3cc(=O)oc4cc(NC(C)=O)ccc34)cs2)cc1. The van der Waals surface area contributed by atoms with Gasteiger partial charge in [0.25, 0.3) is 0 Å². The van der Waals surface area contributed by atoms with Gasteiger partial charge in [0.15, 0.2) is 5.69 Å². The van der Waals surface area contributed by atoms with E-state index in [0.29, 0.717) is 21.6 Å². The Bertz CT molecular complexity index is 1360. The van der Waals surface area contributed by atoms with Crippen LogP contribution < -0.4 is 15.7 Å². The van der Waals surface area contributed by atoms with Crippen LogP contribution in [0.15, 0.2) is 63.1 Å². The number of carbonyl (C=O) groups is 2. The lowest BCUT2D eigenvalue weighted by atomic mass is 10.1. The largest absolute Gasteiger partial charge is 0.497 e. The van der Waals surface area contributed by atoms with Crippen molar-refractivity contribution in [1.82, 2.24) is 4.98 Å². The van der Waals surface area contributed by atoms with Crippen LogP contribution >= 0.6 is 11.3 Å². The number of benzene rings is 2. The maximum absolute atomic E-state index is 12.5. The Morgan fingerprint density at radius 1 is 1.12 bits per heavy atom. The molecule has 32 heavy (non-hydrogen) atoms. The summed E-state index contributed by atoms with van der Waals surface area (Å²) in [5, 5.41) is 5.53. The van der Waals surface area contributed by atoms with Crippen molar-refractivity contribution < 1.29 is 23.5 Å². The van der Waals surface area contributed by atoms with Gasteiger partial charge in [-0.2, -0.15) is 0 Å². The standard InChI is InChI=1S/C23H18N2O6S/c1-13(26)24-16-5-8-18-15(9-21(27)31-20(18)10-16)11-30-23(28)19-12-32-22(25-19)14-3-6-17(29-2)7-4-14/h3-10,12H,11H2,1-2H3,(H,24,26). The second-order valence-electron chi connectivity index (χ2n) is 6.83. The fourth-order valence-electron chi connectivity index (χ4n) is 3.08. The average Bonchev–Trinajstić information content (AvgIpc) is 3.27. The van der Waals surface area contributed by atoms with Gasteiger partial charge < -0.3 is 19.2 Å². The summed E-state index contributed by atoms with van der Waals surface area (Å²) in [5.41, 5.74) is 1.72. The average molecular weight is 450 g/mol. The van der Waals surface area contributed by atoms with Gasteiger partial charge in [0, 0.05) is 46.6 Å². The number of anilines is 1. The third-order valence-electron chi connectivity index (χ3n) is 4.56. The number of thiazole rings is 1. The van der Waals surface area contributed by atoms with Crippen LogP contribution in [0.4, 0.5) is 5.69 Å². The van der Waals surface area contributed by atoms with E-state index in [1.807, 2.05) is 24.3 Å². The number of rotatable bonds is 6. The number of ether oxygens (including phenoxy) is 2. The number of hydrogen-bond donors (Lipinski definition) is 1. The van der Waals surface area contributed by atoms with E-state index in [2.05, 4.69) is 10.3 Å². The molecule has 4 aromatic rings. The Balaban J connectivity index is 1.51. The zero-order valence-electron chi connectivity index (χ0n) is 17.2. The minimum Gasteiger partial charge on any atom is -0.497 e. The van der Waals surface area contributed by atoms with Crippen LogP contribution in [-0.2, 0) is 16.1 Å². The Labute approximate surface area is 186 Å². The van der Waals surface area contributed by atoms with Crippen molar-refractivity contribution in [3.63, 3.8) is 0 Å². The third-order valence-corrected chi connectivity index (χ3v) is 5.45. The Hall–Kier alpha value is -3.98. The monoisotopic (exact) mass is 450 g/mol. The van der Waals surface area contributed by atoms with Crippen molar-refractivity contribution in [3.8, 4) is 16.3 Å². The fraction of sp³-hybridized carbons (Fsp3) is 0.130. The lowest BCUT2D eigenvalue weighted by Gasteiger charge is -2.08. The molecule has 0 aliphatic heterocycles. The van der Waals surface area contributed by atoms with E-state index in [0.717, 1.165) is 11.3 Å². The number of carbonyl (C=O) groups excluding carboxylic acids is 2. The van der Waals surface area contributed by atoms with Gasteiger partial charge in [0.1, 0.15) is 22.9 Å². The summed E-state index contributed by atoms with van der Waals surface area (Å²) < 4.78 is 15.8. The van der Waals surface area contributed by atoms with Gasteiger partial charge in [-0.1, -0.05) is 0 Å². The molecular weight excluding hydrogens is 432 g/mol. The van der Waals surface area contributed by atoms with E-state index in [-0.39, 0.29) is 23.8 Å². The van der Waals surface area contributed by atoms with Gasteiger partial charge >= 0.3 is 11.6 Å². The Morgan fingerprint density at radius 2 is 1.91 bits per heavy atom. The van der Waals surface area contributed by atoms with Crippen LogP contribution in [0.2, 0.25) is 0 Å². The summed E-state index contributed by atoms with van der Waals surface area (Å²) in [4.78, 5) is 40.1. The van der Waals surface area contributed by atoms with E-state index in [4.69, 9.17) is 13.9 Å². The normalized spacial score (nSPS) is 10.7. The first-order valence-electron chi connectivity index (χ1n) is 9.54. The summed E-state index contributed by atoms with van der Waals surface area (Å²) in [6, 6.07) is 13.5. The minimum absolute atomic E-state index is 0.129. The van der Waals surface area contributed by atoms with Crippen LogP contribution in [0, 0.1) is 0 Å². The van der Waals surface area contributed by atoms with Crippen molar-refractivity contribution in [2.24, 2.45) is 0 Å². The number of aromatic nitrogens is 1. The lowest BCUT2D eigenvalue weighted by Crippen LogP contribution is -2.09. The second kappa shape index (κ2) is 9.03. The molecule has 0 saturated heterocycles. The van der Waals surface area contributed by atoms with E-state index in [1.165, 1.54) is 24.3 Å². The van der Waals surface area contributed by atoms with Gasteiger partial charge in [0.05, 0.1) is 7.11 Å². The van der Waals surface area contributed by atoms with Gasteiger partial charge in [0.2, 0.25) is 5.91 Å². The Kier molecular flexibility index (Phi) is 6.00. The van der Waals surface area contributed by atoms with Crippen molar-refractivity contribution in [2.75, 3.05) is 12.4 Å². The molecule has 2 aromatic carbocycles. The summed E-state index contributed by atoms with van der Waals surface area (Å²) >= 11 is 1.33. The lowest BCUT2D eigenvalue weighted by molar-refractivity contribution is -0.114. The minimum atomic E-state index is -0.600. The van der Waals surface area contributed by atoms with E-state index < -0.39 is 11.6 Å². The summed E-state index contributed by atoms with van der Waals surface area (Å²) in [6.45, 7) is 1.25. The van der Waals surface area contributed by atoms with Gasteiger partial charge in [-0.25, -0.2) is 14.6 Å². The Morgan fingerprint density at radius 3 is 2.62 bits per heavy atom. The van der Waals surface area contributed by atoms with Crippen molar-refractivity contribution in [1.29, 1.82) is 0 Å². The molecule has 0 bridgehead atoms. The molecule has 0 unspecified atom stereocenters. The molecule has 8 nitrogen and oxygen atoms in total. The van der Waals surface area contributed by atoms with Gasteiger partial charge in [-0.05, 0) is 36.4 Å². The second-order valence-corrected chi connectivity index (χ2v) is 7.68. The highest BCUT2D eigenvalue weighted by Gasteiger charge is 2.15. The number of esters is 1. The van der Waals surface area contributed by atoms with E-state index >= 15 is 0 Å². The number of nitrogens with zero attached hydrogens (tertiary/aromatic N) is 1. The molecule has 1 amide bonds. The molecule has 2 heterocycles. The maximum atomic E-state index is 12.5. The van der Waals surface area contributed by atoms with Crippen LogP contribution in [0.5, 0.6) is 5.75 Å². The molecule has 0 aliphatic rings. The smallest absolute Gasteiger partial charge is 0.358 e. The van der Waals surface area contributed by atoms with Gasteiger partial charge in [-0.3, -0.25) is 4.79 Å². The molecule has 0 atom stereocenters. The molecule has 0 fully saturated rings. The molecule has 2 aromatic heterocycles. The molecule has 0 spiro atoms. The van der Waals surface area contributed by atoms with Crippen LogP contribution in [-0.4, -0.2) is 24.0 Å². The predicted molar refractivity (Wildman–Crippen MR) is 120 cm³/mol. The number of amides is 1. The van der Waals surface area contributed by atoms with E-state index in [1.54, 1.807) is 30.7 Å². The highest BCUT2D eigenvalue weighted by molar-refractivity contribution is 7.13. The highest BCUT2D eigenvalue weighted by atomic mass is 32.1. The molecule has 0 saturated carbocycles. The van der Waals surface area contributed by atoms with Crippen molar-refractivity contribution in [2.45, 2.75) is 13.5 Å². The zero-order valence-corrected chi connectivity index (χ0v) is 18.0. The summed E-state index contributed by atoms with van der Waals surface area (Å²) in [5.74, 6) is -0.111. The summed E-state index contributed by atoms with van der Waals surface area (Å²) in [6.07, 6.45) is 0. The molecule has 162 valence electrons. The number of methoxy groups -OCH3 is 1. The summed E-state index contributed by atoms with van der Waals surface area (Å²) in [7, 11) is 1.59. The molecule has 9 heteroatoms. The number of fused-ring (bicyclic) bond motifs is 1. The first-order chi connectivity index (χ1) is 15.4. The first-order valence-corrected chi connectivity index (χ1v) is 10.4. The van der Waals surface area contributed by atoms with Gasteiger partial charge in [-0.15, -0.1) is 11.3 Å². The third kappa shape index (κ3) is 4.68. The molecule has 0 aliphatic carbocycles. The topological polar surface area (TPSA) is 108 Å². The first kappa shape index (κ1) is 21.3. The predicted octanol–water partition coefficient (Wildman–Crippen LogP) is 4.24. The molecule has 4 rings (SSSR count). The number of nitrogens with one attached hydrogen (secondary N) is 1. The molecule has 0 radical (unpaired) electrons. The maximum Gasteiger partial charge on any atom is 0.358 e. The molecular formula is C23H18N2O6S. The van der Waals surface area contributed by atoms with E-state index in [9.17, 15) is 14.4 Å². The van der Waals surface area contributed by atoms with Crippen LogP contribution in [0.1, 0.15) is 23.0 Å². The van der Waals surface area contributed by atoms with Crippen LogP contribution in [0.3, 0.4) is 0 Å². The van der Waals surface area contributed by atoms with Crippen molar-refractivity contribution in [3.05, 3.63) is 75.6 Å². The quantitative estimate of drug-likeness (QED) is 0.346. The zero-order chi connectivity index (χ0) is 22.7. The highest BCUT2D eigenvalue weighted by Crippen LogP contribution is 2.26. The fourth-order valence-corrected chi connectivity index (χ4v) is 3.88. The number of hydrogen-bond acceptors (Lipinski definition) is 8. The van der Waals surface area contributed by atoms with Crippen molar-refractivity contribution >= 4 is 39.9 Å². The van der Waals surface area contributed by atoms with Crippen LogP contribution in [0.25, 0.3) is 21.5 Å².